The molecule has 3 heterocycles. The van der Waals surface area contributed by atoms with Crippen LogP contribution in [-0.4, -0.2) is 41.4 Å². The Labute approximate surface area is 155 Å². The van der Waals surface area contributed by atoms with Crippen LogP contribution in [0.3, 0.4) is 0 Å². The summed E-state index contributed by atoms with van der Waals surface area (Å²) in [7, 11) is 1.40. The number of aromatic nitrogens is 2. The lowest BCUT2D eigenvalue weighted by Crippen LogP contribution is -2.54. The molecule has 3 rings (SSSR count). The zero-order valence-electron chi connectivity index (χ0n) is 15.8. The molecule has 0 spiro atoms. The van der Waals surface area contributed by atoms with Crippen molar-refractivity contribution in [3.05, 3.63) is 28.8 Å². The molecule has 0 amide bonds. The molecule has 0 aliphatic carbocycles. The molecule has 0 aromatic carbocycles. The molecule has 27 heavy (non-hydrogen) atoms. The highest BCUT2D eigenvalue weighted by Gasteiger charge is 2.42. The minimum absolute atomic E-state index is 0.109. The van der Waals surface area contributed by atoms with Gasteiger partial charge < -0.3 is 15.4 Å². The van der Waals surface area contributed by atoms with Crippen LogP contribution in [0.4, 0.5) is 13.2 Å². The number of allylic oxidation sites excluding steroid dienone is 1. The quantitative estimate of drug-likeness (QED) is 0.740. The number of ether oxygens (including phenoxy) is 1. The van der Waals surface area contributed by atoms with Crippen molar-refractivity contribution in [3.63, 3.8) is 0 Å². The number of halogens is 3. The van der Waals surface area contributed by atoms with E-state index in [1.165, 1.54) is 7.05 Å². The summed E-state index contributed by atoms with van der Waals surface area (Å²) in [6.07, 6.45) is -0.185. The van der Waals surface area contributed by atoms with Gasteiger partial charge in [0.05, 0.1) is 29.5 Å². The van der Waals surface area contributed by atoms with Gasteiger partial charge in [0.2, 0.25) is 5.79 Å². The van der Waals surface area contributed by atoms with Gasteiger partial charge in [-0.2, -0.15) is 18.3 Å². The third-order valence-electron chi connectivity index (χ3n) is 4.91. The number of nitrogens with one attached hydrogen (secondary N) is 2. The van der Waals surface area contributed by atoms with Crippen LogP contribution in [0.5, 0.6) is 0 Å². The van der Waals surface area contributed by atoms with Crippen LogP contribution in [0.2, 0.25) is 0 Å². The van der Waals surface area contributed by atoms with E-state index in [0.29, 0.717) is 11.3 Å². The van der Waals surface area contributed by atoms with Gasteiger partial charge >= 0.3 is 6.18 Å². The second-order valence-electron chi connectivity index (χ2n) is 7.18. The predicted molar refractivity (Wildman–Crippen MR) is 94.9 cm³/mol. The molecule has 150 valence electrons. The number of aryl methyl sites for hydroxylation is 1. The second-order valence-corrected chi connectivity index (χ2v) is 7.18. The molecule has 2 aliphatic heterocycles. The number of nitrogens with zero attached hydrogens (tertiary/aromatic N) is 3. The lowest BCUT2D eigenvalue weighted by Gasteiger charge is -2.33. The monoisotopic (exact) mass is 386 g/mol. The Kier molecular flexibility index (Phi) is 4.98. The average Bonchev–Trinajstić information content (AvgIpc) is 2.95. The van der Waals surface area contributed by atoms with Gasteiger partial charge in [-0.25, -0.2) is 4.99 Å². The molecule has 1 saturated heterocycles. The van der Waals surface area contributed by atoms with Crippen LogP contribution in [0.15, 0.2) is 22.6 Å². The Bertz CT molecular complexity index is 761. The number of aliphatic imine (C=N–C) groups is 1. The molecule has 1 aromatic rings. The highest BCUT2D eigenvalue weighted by atomic mass is 19.4. The zero-order valence-corrected chi connectivity index (χ0v) is 15.8. The molecule has 10 heteroatoms. The van der Waals surface area contributed by atoms with E-state index in [4.69, 9.17) is 10.5 Å². The highest BCUT2D eigenvalue weighted by Crippen LogP contribution is 2.33. The predicted octanol–water partition coefficient (Wildman–Crippen LogP) is 2.06. The molecule has 3 atom stereocenters. The van der Waals surface area contributed by atoms with Crippen LogP contribution in [0, 0.1) is 6.92 Å². The Morgan fingerprint density at radius 3 is 2.52 bits per heavy atom. The first-order valence-electron chi connectivity index (χ1n) is 8.86. The SMILES string of the molecule is CNC1=C(C(F)(F)F)C=NC(N)(c2cn(C3CC(C)OC(C)C3)nc2C)N1. The molecule has 1 aromatic heterocycles. The van der Waals surface area contributed by atoms with Gasteiger partial charge in [0.25, 0.3) is 0 Å². The summed E-state index contributed by atoms with van der Waals surface area (Å²) in [6, 6.07) is 0.136. The third kappa shape index (κ3) is 3.81. The van der Waals surface area contributed by atoms with Crippen molar-refractivity contribution in [2.24, 2.45) is 10.7 Å². The van der Waals surface area contributed by atoms with Gasteiger partial charge in [-0.3, -0.25) is 10.4 Å². The largest absolute Gasteiger partial charge is 0.421 e. The summed E-state index contributed by atoms with van der Waals surface area (Å²) in [5, 5.41) is 9.75. The van der Waals surface area contributed by atoms with E-state index in [1.807, 2.05) is 18.5 Å². The van der Waals surface area contributed by atoms with Crippen molar-refractivity contribution in [2.75, 3.05) is 7.05 Å². The summed E-state index contributed by atoms with van der Waals surface area (Å²) in [5.41, 5.74) is 6.56. The van der Waals surface area contributed by atoms with E-state index in [1.54, 1.807) is 13.1 Å². The van der Waals surface area contributed by atoms with Crippen molar-refractivity contribution in [3.8, 4) is 0 Å². The lowest BCUT2D eigenvalue weighted by molar-refractivity contribution is -0.0875. The van der Waals surface area contributed by atoms with E-state index in [2.05, 4.69) is 20.7 Å². The fourth-order valence-electron chi connectivity index (χ4n) is 3.70. The lowest BCUT2D eigenvalue weighted by atomic mass is 10.00. The minimum atomic E-state index is -4.54. The van der Waals surface area contributed by atoms with Crippen molar-refractivity contribution < 1.29 is 17.9 Å². The summed E-state index contributed by atoms with van der Waals surface area (Å²) in [4.78, 5) is 3.97. The average molecular weight is 386 g/mol. The summed E-state index contributed by atoms with van der Waals surface area (Å²) in [6.45, 7) is 5.80. The van der Waals surface area contributed by atoms with Crippen LogP contribution in [0.1, 0.15) is 44.0 Å². The molecular weight excluding hydrogens is 361 g/mol. The smallest absolute Gasteiger partial charge is 0.375 e. The Hall–Kier alpha value is -2.07. The fourth-order valence-corrected chi connectivity index (χ4v) is 3.70. The molecular formula is C17H25F3N6O. The molecule has 3 unspecified atom stereocenters. The molecule has 0 saturated carbocycles. The number of rotatable bonds is 3. The van der Waals surface area contributed by atoms with E-state index in [0.717, 1.165) is 19.1 Å². The highest BCUT2D eigenvalue weighted by molar-refractivity contribution is 5.82. The topological polar surface area (TPSA) is 89.5 Å². The van der Waals surface area contributed by atoms with Gasteiger partial charge in [0, 0.05) is 19.5 Å². The van der Waals surface area contributed by atoms with E-state index >= 15 is 0 Å². The summed E-state index contributed by atoms with van der Waals surface area (Å²) in [5.74, 6) is -1.75. The zero-order chi connectivity index (χ0) is 20.0. The first-order chi connectivity index (χ1) is 12.5. The third-order valence-corrected chi connectivity index (χ3v) is 4.91. The molecule has 0 radical (unpaired) electrons. The Morgan fingerprint density at radius 1 is 1.33 bits per heavy atom. The molecule has 0 bridgehead atoms. The molecule has 4 N–H and O–H groups in total. The number of hydrogen-bond acceptors (Lipinski definition) is 6. The van der Waals surface area contributed by atoms with Gasteiger partial charge in [-0.15, -0.1) is 0 Å². The number of nitrogens with two attached hydrogens (primary N) is 1. The van der Waals surface area contributed by atoms with Gasteiger partial charge in [-0.05, 0) is 33.6 Å². The van der Waals surface area contributed by atoms with Crippen LogP contribution >= 0.6 is 0 Å². The first kappa shape index (κ1) is 19.7. The van der Waals surface area contributed by atoms with Gasteiger partial charge in [0.1, 0.15) is 11.4 Å². The minimum Gasteiger partial charge on any atom is -0.375 e. The number of alkyl halides is 3. The van der Waals surface area contributed by atoms with Crippen LogP contribution in [0.25, 0.3) is 0 Å². The molecule has 1 fully saturated rings. The summed E-state index contributed by atoms with van der Waals surface area (Å²) < 4.78 is 47.0. The summed E-state index contributed by atoms with van der Waals surface area (Å²) >= 11 is 0. The van der Waals surface area contributed by atoms with Crippen molar-refractivity contribution >= 4 is 6.21 Å². The maximum Gasteiger partial charge on any atom is 0.421 e. The number of hydrogen-bond donors (Lipinski definition) is 3. The second kappa shape index (κ2) is 6.83. The van der Waals surface area contributed by atoms with Gasteiger partial charge in [0.15, 0.2) is 0 Å². The van der Waals surface area contributed by atoms with Crippen molar-refractivity contribution in [1.82, 2.24) is 20.4 Å². The Balaban J connectivity index is 1.90. The molecule has 7 nitrogen and oxygen atoms in total. The maximum absolute atomic E-state index is 13.1. The standard InChI is InChI=1S/C17H25F3N6O/c1-9-5-12(6-10(2)27-9)26-8-14(11(3)25-26)17(21)23-7-13(16(18,19)20)15(22-4)24-17/h7-10,12,22,24H,5-6,21H2,1-4H3. The van der Waals surface area contributed by atoms with E-state index in [-0.39, 0.29) is 24.1 Å². The van der Waals surface area contributed by atoms with E-state index < -0.39 is 17.5 Å². The normalized spacial score (nSPS) is 31.8. The fraction of sp³-hybridized carbons (Fsp3) is 0.647. The maximum atomic E-state index is 13.1. The van der Waals surface area contributed by atoms with Gasteiger partial charge in [-0.1, -0.05) is 0 Å². The Morgan fingerprint density at radius 2 is 1.96 bits per heavy atom. The van der Waals surface area contributed by atoms with Crippen LogP contribution < -0.4 is 16.4 Å². The van der Waals surface area contributed by atoms with Crippen molar-refractivity contribution in [1.29, 1.82) is 0 Å². The van der Waals surface area contributed by atoms with Crippen molar-refractivity contribution in [2.45, 2.75) is 63.8 Å². The first-order valence-corrected chi connectivity index (χ1v) is 8.86. The molecule has 2 aliphatic rings. The van der Waals surface area contributed by atoms with E-state index in [9.17, 15) is 13.2 Å². The van der Waals surface area contributed by atoms with Crippen LogP contribution in [-0.2, 0) is 10.5 Å².